The van der Waals surface area contributed by atoms with Gasteiger partial charge in [-0.05, 0) is 24.1 Å². The van der Waals surface area contributed by atoms with Crippen LogP contribution < -0.4 is 0 Å². The molecule has 0 aromatic heterocycles. The van der Waals surface area contributed by atoms with E-state index in [0.29, 0.717) is 28.8 Å². The van der Waals surface area contributed by atoms with Crippen molar-refractivity contribution in [2.75, 3.05) is 13.2 Å². The standard InChI is InChI=1S/C15H15Cl2NO4/c16-11-2-1-10(7-12(11)17)15(9-18,4-3-13(19)20)8-14-21-5-6-22-14/h1-2,7,14H,3-6,8H2,(H,19,20)/t15-/m1/s1. The Morgan fingerprint density at radius 2 is 2.05 bits per heavy atom. The van der Waals surface area contributed by atoms with E-state index in [4.69, 9.17) is 37.8 Å². The molecule has 0 bridgehead atoms. The smallest absolute Gasteiger partial charge is 0.303 e. The summed E-state index contributed by atoms with van der Waals surface area (Å²) in [6.07, 6.45) is -0.280. The zero-order chi connectivity index (χ0) is 16.2. The monoisotopic (exact) mass is 343 g/mol. The van der Waals surface area contributed by atoms with Gasteiger partial charge in [-0.3, -0.25) is 4.79 Å². The summed E-state index contributed by atoms with van der Waals surface area (Å²) in [5.41, 5.74) is -0.438. The van der Waals surface area contributed by atoms with Crippen LogP contribution >= 0.6 is 23.2 Å². The summed E-state index contributed by atoms with van der Waals surface area (Å²) in [6.45, 7) is 0.930. The molecule has 2 rings (SSSR count). The first-order chi connectivity index (χ1) is 10.5. The first-order valence-corrected chi connectivity index (χ1v) is 7.54. The Bertz CT molecular complexity index is 596. The molecule has 1 aromatic rings. The summed E-state index contributed by atoms with van der Waals surface area (Å²) in [5, 5.41) is 19.4. The van der Waals surface area contributed by atoms with Crippen LogP contribution in [0.25, 0.3) is 0 Å². The molecule has 1 saturated heterocycles. The average Bonchev–Trinajstić information content (AvgIpc) is 2.99. The topological polar surface area (TPSA) is 79.6 Å². The van der Waals surface area contributed by atoms with Gasteiger partial charge in [0.25, 0.3) is 0 Å². The number of aliphatic carboxylic acids is 1. The highest BCUT2D eigenvalue weighted by molar-refractivity contribution is 6.42. The second-order valence-corrected chi connectivity index (χ2v) is 5.91. The molecule has 0 radical (unpaired) electrons. The lowest BCUT2D eigenvalue weighted by molar-refractivity contribution is -0.137. The van der Waals surface area contributed by atoms with Gasteiger partial charge in [-0.25, -0.2) is 0 Å². The number of ether oxygens (including phenoxy) is 2. The Morgan fingerprint density at radius 3 is 2.59 bits per heavy atom. The highest BCUT2D eigenvalue weighted by Crippen LogP contribution is 2.38. The maximum atomic E-state index is 10.9. The van der Waals surface area contributed by atoms with E-state index < -0.39 is 17.7 Å². The van der Waals surface area contributed by atoms with E-state index in [1.165, 1.54) is 0 Å². The number of carboxylic acid groups (broad SMARTS) is 1. The van der Waals surface area contributed by atoms with Crippen LogP contribution in [0.2, 0.25) is 10.0 Å². The number of hydrogen-bond acceptors (Lipinski definition) is 4. The first-order valence-electron chi connectivity index (χ1n) is 6.78. The van der Waals surface area contributed by atoms with E-state index in [-0.39, 0.29) is 19.3 Å². The molecule has 1 aliphatic rings. The minimum Gasteiger partial charge on any atom is -0.481 e. The lowest BCUT2D eigenvalue weighted by Crippen LogP contribution is -2.31. The summed E-state index contributed by atoms with van der Waals surface area (Å²) in [4.78, 5) is 10.9. The number of carboxylic acids is 1. The molecule has 1 heterocycles. The maximum Gasteiger partial charge on any atom is 0.303 e. The van der Waals surface area contributed by atoms with E-state index in [2.05, 4.69) is 6.07 Å². The molecule has 0 saturated carbocycles. The second-order valence-electron chi connectivity index (χ2n) is 5.09. The van der Waals surface area contributed by atoms with Gasteiger partial charge in [0.2, 0.25) is 0 Å². The summed E-state index contributed by atoms with van der Waals surface area (Å²) < 4.78 is 10.8. The Morgan fingerprint density at radius 1 is 1.36 bits per heavy atom. The fraction of sp³-hybridized carbons (Fsp3) is 0.467. The van der Waals surface area contributed by atoms with Crippen molar-refractivity contribution in [2.24, 2.45) is 0 Å². The number of benzene rings is 1. The molecule has 5 nitrogen and oxygen atoms in total. The molecule has 1 fully saturated rings. The molecule has 118 valence electrons. The lowest BCUT2D eigenvalue weighted by Gasteiger charge is -2.29. The van der Waals surface area contributed by atoms with Gasteiger partial charge in [-0.1, -0.05) is 29.3 Å². The van der Waals surface area contributed by atoms with E-state index in [1.807, 2.05) is 0 Å². The van der Waals surface area contributed by atoms with Gasteiger partial charge in [0.1, 0.15) is 0 Å². The summed E-state index contributed by atoms with van der Waals surface area (Å²) in [5.74, 6) is -0.965. The Kier molecular flexibility index (Phi) is 5.65. The summed E-state index contributed by atoms with van der Waals surface area (Å²) >= 11 is 11.9. The van der Waals surface area contributed by atoms with Crippen molar-refractivity contribution >= 4 is 29.2 Å². The number of carbonyl (C=O) groups is 1. The van der Waals surface area contributed by atoms with Gasteiger partial charge in [0.05, 0.1) is 34.7 Å². The number of nitrogens with zero attached hydrogens (tertiary/aromatic N) is 1. The third kappa shape index (κ3) is 3.90. The van der Waals surface area contributed by atoms with E-state index >= 15 is 0 Å². The van der Waals surface area contributed by atoms with Gasteiger partial charge in [0.15, 0.2) is 6.29 Å². The molecule has 1 aromatic carbocycles. The SMILES string of the molecule is N#C[C@@](CCC(=O)O)(CC1OCCO1)c1ccc(Cl)c(Cl)c1. The fourth-order valence-corrected chi connectivity index (χ4v) is 2.75. The van der Waals surface area contributed by atoms with Crippen LogP contribution in [0.4, 0.5) is 0 Å². The van der Waals surface area contributed by atoms with Gasteiger partial charge >= 0.3 is 5.97 Å². The number of halogens is 2. The van der Waals surface area contributed by atoms with E-state index in [1.54, 1.807) is 18.2 Å². The minimum atomic E-state index is -1.05. The van der Waals surface area contributed by atoms with E-state index in [9.17, 15) is 10.1 Å². The molecule has 1 N–H and O–H groups in total. The largest absolute Gasteiger partial charge is 0.481 e. The minimum absolute atomic E-state index is 0.138. The van der Waals surface area contributed by atoms with Crippen LogP contribution in [0.15, 0.2) is 18.2 Å². The fourth-order valence-electron chi connectivity index (χ4n) is 2.45. The average molecular weight is 344 g/mol. The zero-order valence-corrected chi connectivity index (χ0v) is 13.2. The quantitative estimate of drug-likeness (QED) is 0.856. The molecule has 0 unspecified atom stereocenters. The van der Waals surface area contributed by atoms with Crippen LogP contribution in [-0.4, -0.2) is 30.6 Å². The van der Waals surface area contributed by atoms with Crippen LogP contribution in [0.3, 0.4) is 0 Å². The van der Waals surface area contributed by atoms with Crippen LogP contribution in [0.5, 0.6) is 0 Å². The van der Waals surface area contributed by atoms with Crippen LogP contribution in [-0.2, 0) is 19.7 Å². The Balaban J connectivity index is 2.34. The van der Waals surface area contributed by atoms with Gasteiger partial charge in [0, 0.05) is 12.8 Å². The molecule has 0 aliphatic carbocycles. The summed E-state index contributed by atoms with van der Waals surface area (Å²) in [7, 11) is 0. The highest BCUT2D eigenvalue weighted by Gasteiger charge is 2.38. The van der Waals surface area contributed by atoms with Gasteiger partial charge in [-0.15, -0.1) is 0 Å². The molecule has 1 atom stereocenters. The maximum absolute atomic E-state index is 10.9. The molecular weight excluding hydrogens is 329 g/mol. The molecule has 7 heteroatoms. The number of hydrogen-bond donors (Lipinski definition) is 1. The second kappa shape index (κ2) is 7.30. The van der Waals surface area contributed by atoms with Crippen molar-refractivity contribution < 1.29 is 19.4 Å². The first kappa shape index (κ1) is 17.0. The molecule has 0 spiro atoms. The van der Waals surface area contributed by atoms with Crippen LogP contribution in [0.1, 0.15) is 24.8 Å². The molecular formula is C15H15Cl2NO4. The molecule has 22 heavy (non-hydrogen) atoms. The third-order valence-corrected chi connectivity index (χ3v) is 4.40. The summed E-state index contributed by atoms with van der Waals surface area (Å²) in [6, 6.07) is 7.13. The van der Waals surface area contributed by atoms with Crippen molar-refractivity contribution in [3.05, 3.63) is 33.8 Å². The highest BCUT2D eigenvalue weighted by atomic mass is 35.5. The van der Waals surface area contributed by atoms with Crippen molar-refractivity contribution in [3.8, 4) is 6.07 Å². The lowest BCUT2D eigenvalue weighted by atomic mass is 9.75. The van der Waals surface area contributed by atoms with Gasteiger partial charge < -0.3 is 14.6 Å². The normalized spacial score (nSPS) is 17.9. The van der Waals surface area contributed by atoms with Crippen molar-refractivity contribution in [1.82, 2.24) is 0 Å². The van der Waals surface area contributed by atoms with E-state index in [0.717, 1.165) is 0 Å². The number of nitriles is 1. The van der Waals surface area contributed by atoms with Crippen molar-refractivity contribution in [3.63, 3.8) is 0 Å². The molecule has 1 aliphatic heterocycles. The van der Waals surface area contributed by atoms with Crippen molar-refractivity contribution in [2.45, 2.75) is 31.0 Å². The van der Waals surface area contributed by atoms with Gasteiger partial charge in [-0.2, -0.15) is 5.26 Å². The Hall–Kier alpha value is -1.32. The predicted molar refractivity (Wildman–Crippen MR) is 80.9 cm³/mol. The number of rotatable bonds is 6. The van der Waals surface area contributed by atoms with Crippen LogP contribution in [0, 0.1) is 11.3 Å². The molecule has 0 amide bonds. The zero-order valence-electron chi connectivity index (χ0n) is 11.7. The van der Waals surface area contributed by atoms with Crippen molar-refractivity contribution in [1.29, 1.82) is 5.26 Å². The third-order valence-electron chi connectivity index (χ3n) is 3.66. The predicted octanol–water partition coefficient (Wildman–Crippen LogP) is 3.38. The Labute approximate surface area is 138 Å².